The lowest BCUT2D eigenvalue weighted by Gasteiger charge is -2.35. The SMILES string of the molecule is Cc1cc(C(F)(F)F)nn1[C@@H](C)C(=O)N[C@@H]1CCC[C@H](C)[C@@H]1C. The second kappa shape index (κ2) is 6.53. The quantitative estimate of drug-likeness (QED) is 0.918. The Morgan fingerprint density at radius 2 is 2.04 bits per heavy atom. The molecule has 1 aromatic rings. The normalized spacial score (nSPS) is 26.8. The van der Waals surface area contributed by atoms with Crippen LogP contribution >= 0.6 is 0 Å². The molecule has 0 bridgehead atoms. The molecule has 1 N–H and O–H groups in total. The molecule has 1 aliphatic carbocycles. The molecule has 1 amide bonds. The summed E-state index contributed by atoms with van der Waals surface area (Å²) in [5.41, 5.74) is -0.639. The first-order valence-corrected chi connectivity index (χ1v) is 8.05. The smallest absolute Gasteiger partial charge is 0.351 e. The topological polar surface area (TPSA) is 46.9 Å². The van der Waals surface area contributed by atoms with E-state index in [1.165, 1.54) is 6.92 Å². The number of carbonyl (C=O) groups excluding carboxylic acids is 1. The first-order valence-electron chi connectivity index (χ1n) is 8.05. The molecule has 1 fully saturated rings. The summed E-state index contributed by atoms with van der Waals surface area (Å²) in [6.45, 7) is 7.38. The summed E-state index contributed by atoms with van der Waals surface area (Å²) < 4.78 is 39.4. The van der Waals surface area contributed by atoms with E-state index in [-0.39, 0.29) is 11.9 Å². The lowest BCUT2D eigenvalue weighted by Crippen LogP contribution is -2.46. The molecule has 1 heterocycles. The standard InChI is InChI=1S/C16H24F3N3O/c1-9-6-5-7-13(11(9)3)20-15(23)12(4)22-10(2)8-14(21-22)16(17,18)19/h8-9,11-13H,5-7H2,1-4H3,(H,20,23)/t9-,11-,12-,13+/m0/s1. The zero-order valence-corrected chi connectivity index (χ0v) is 13.9. The maximum Gasteiger partial charge on any atom is 0.435 e. The number of nitrogens with zero attached hydrogens (tertiary/aromatic N) is 2. The number of nitrogens with one attached hydrogen (secondary N) is 1. The van der Waals surface area contributed by atoms with Crippen molar-refractivity contribution < 1.29 is 18.0 Å². The van der Waals surface area contributed by atoms with Gasteiger partial charge in [-0.15, -0.1) is 0 Å². The van der Waals surface area contributed by atoms with Gasteiger partial charge in [-0.3, -0.25) is 9.48 Å². The average molecular weight is 331 g/mol. The number of aryl methyl sites for hydroxylation is 1. The highest BCUT2D eigenvalue weighted by Crippen LogP contribution is 2.31. The van der Waals surface area contributed by atoms with Crippen LogP contribution in [0.4, 0.5) is 13.2 Å². The summed E-state index contributed by atoms with van der Waals surface area (Å²) in [5.74, 6) is 0.618. The summed E-state index contributed by atoms with van der Waals surface area (Å²) in [4.78, 5) is 12.4. The molecule has 0 unspecified atom stereocenters. The van der Waals surface area contributed by atoms with Gasteiger partial charge in [0.2, 0.25) is 5.91 Å². The van der Waals surface area contributed by atoms with Gasteiger partial charge in [-0.25, -0.2) is 0 Å². The van der Waals surface area contributed by atoms with Crippen molar-refractivity contribution in [3.8, 4) is 0 Å². The van der Waals surface area contributed by atoms with Crippen molar-refractivity contribution in [2.24, 2.45) is 11.8 Å². The molecule has 7 heteroatoms. The summed E-state index contributed by atoms with van der Waals surface area (Å²) in [5, 5.41) is 6.55. The van der Waals surface area contributed by atoms with Crippen molar-refractivity contribution in [2.75, 3.05) is 0 Å². The van der Waals surface area contributed by atoms with Crippen molar-refractivity contribution in [1.82, 2.24) is 15.1 Å². The molecule has 4 atom stereocenters. The lowest BCUT2D eigenvalue weighted by molar-refractivity contribution is -0.142. The Bertz CT molecular complexity index is 567. The fourth-order valence-corrected chi connectivity index (χ4v) is 3.22. The van der Waals surface area contributed by atoms with E-state index in [1.807, 2.05) is 0 Å². The van der Waals surface area contributed by atoms with Gasteiger partial charge in [0.1, 0.15) is 6.04 Å². The Balaban J connectivity index is 2.09. The van der Waals surface area contributed by atoms with Crippen molar-refractivity contribution in [3.05, 3.63) is 17.5 Å². The molecule has 130 valence electrons. The summed E-state index contributed by atoms with van der Waals surface area (Å²) >= 11 is 0. The van der Waals surface area contributed by atoms with Crippen LogP contribution in [0.2, 0.25) is 0 Å². The highest BCUT2D eigenvalue weighted by Gasteiger charge is 2.36. The maximum absolute atomic E-state index is 12.7. The fraction of sp³-hybridized carbons (Fsp3) is 0.750. The zero-order valence-electron chi connectivity index (χ0n) is 13.9. The third-order valence-electron chi connectivity index (χ3n) is 4.99. The molecule has 1 saturated carbocycles. The number of carbonyl (C=O) groups is 1. The summed E-state index contributed by atoms with van der Waals surface area (Å²) in [6.07, 6.45) is -1.38. The predicted octanol–water partition coefficient (Wildman–Crippen LogP) is 3.71. The minimum absolute atomic E-state index is 0.0756. The Morgan fingerprint density at radius 3 is 2.61 bits per heavy atom. The monoisotopic (exact) mass is 331 g/mol. The van der Waals surface area contributed by atoms with Crippen LogP contribution in [0.1, 0.15) is 57.5 Å². The molecule has 0 saturated heterocycles. The van der Waals surface area contributed by atoms with E-state index in [0.717, 1.165) is 30.0 Å². The Labute approximate surface area is 134 Å². The summed E-state index contributed by atoms with van der Waals surface area (Å²) in [6, 6.07) is 0.275. The molecule has 0 spiro atoms. The third-order valence-corrected chi connectivity index (χ3v) is 4.99. The highest BCUT2D eigenvalue weighted by atomic mass is 19.4. The van der Waals surface area contributed by atoms with Gasteiger partial charge in [-0.05, 0) is 38.2 Å². The molecule has 0 radical (unpaired) electrons. The van der Waals surface area contributed by atoms with E-state index in [4.69, 9.17) is 0 Å². The van der Waals surface area contributed by atoms with Crippen LogP contribution in [0, 0.1) is 18.8 Å². The highest BCUT2D eigenvalue weighted by molar-refractivity contribution is 5.80. The van der Waals surface area contributed by atoms with Gasteiger partial charge in [0.25, 0.3) is 0 Å². The van der Waals surface area contributed by atoms with Crippen molar-refractivity contribution in [2.45, 2.75) is 65.2 Å². The summed E-state index contributed by atoms with van der Waals surface area (Å²) in [7, 11) is 0. The van der Waals surface area contributed by atoms with E-state index >= 15 is 0 Å². The molecular weight excluding hydrogens is 307 g/mol. The van der Waals surface area contributed by atoms with Crippen LogP contribution in [0.25, 0.3) is 0 Å². The van der Waals surface area contributed by atoms with Gasteiger partial charge in [-0.2, -0.15) is 18.3 Å². The van der Waals surface area contributed by atoms with Gasteiger partial charge in [-0.1, -0.05) is 26.7 Å². The number of hydrogen-bond donors (Lipinski definition) is 1. The third kappa shape index (κ3) is 3.87. The molecule has 2 rings (SSSR count). The van der Waals surface area contributed by atoms with Crippen molar-refractivity contribution >= 4 is 5.91 Å². The number of aromatic nitrogens is 2. The molecule has 1 aliphatic rings. The number of amides is 1. The molecule has 0 aromatic carbocycles. The lowest BCUT2D eigenvalue weighted by atomic mass is 9.78. The van der Waals surface area contributed by atoms with E-state index in [2.05, 4.69) is 24.3 Å². The molecule has 4 nitrogen and oxygen atoms in total. The largest absolute Gasteiger partial charge is 0.435 e. The first-order chi connectivity index (χ1) is 10.6. The van der Waals surface area contributed by atoms with Crippen LogP contribution in [-0.4, -0.2) is 21.7 Å². The molecule has 1 aromatic heterocycles. The zero-order chi connectivity index (χ0) is 17.4. The van der Waals surface area contributed by atoms with E-state index in [1.54, 1.807) is 6.92 Å². The van der Waals surface area contributed by atoms with Gasteiger partial charge in [0.15, 0.2) is 5.69 Å². The van der Waals surface area contributed by atoms with Crippen molar-refractivity contribution in [3.63, 3.8) is 0 Å². The second-order valence-corrected chi connectivity index (χ2v) is 6.67. The van der Waals surface area contributed by atoms with Gasteiger partial charge >= 0.3 is 6.18 Å². The van der Waals surface area contributed by atoms with E-state index in [0.29, 0.717) is 17.5 Å². The molecule has 0 aliphatic heterocycles. The Kier molecular flexibility index (Phi) is 5.06. The van der Waals surface area contributed by atoms with E-state index < -0.39 is 17.9 Å². The first kappa shape index (κ1) is 17.8. The van der Waals surface area contributed by atoms with E-state index in [9.17, 15) is 18.0 Å². The van der Waals surface area contributed by atoms with Crippen LogP contribution in [-0.2, 0) is 11.0 Å². The second-order valence-electron chi connectivity index (χ2n) is 6.67. The van der Waals surface area contributed by atoms with Gasteiger partial charge in [0, 0.05) is 11.7 Å². The predicted molar refractivity (Wildman–Crippen MR) is 80.8 cm³/mol. The van der Waals surface area contributed by atoms with Crippen molar-refractivity contribution in [1.29, 1.82) is 0 Å². The fourth-order valence-electron chi connectivity index (χ4n) is 3.22. The number of alkyl halides is 3. The molecular formula is C16H24F3N3O. The van der Waals surface area contributed by atoms with Crippen LogP contribution in [0.5, 0.6) is 0 Å². The number of rotatable bonds is 3. The van der Waals surface area contributed by atoms with Crippen LogP contribution in [0.15, 0.2) is 6.07 Å². The van der Waals surface area contributed by atoms with Crippen LogP contribution in [0.3, 0.4) is 0 Å². The number of hydrogen-bond acceptors (Lipinski definition) is 2. The molecule has 23 heavy (non-hydrogen) atoms. The van der Waals surface area contributed by atoms with Gasteiger partial charge in [0.05, 0.1) is 0 Å². The Morgan fingerprint density at radius 1 is 1.39 bits per heavy atom. The number of halogens is 3. The minimum Gasteiger partial charge on any atom is -0.351 e. The Hall–Kier alpha value is -1.53. The minimum atomic E-state index is -4.50. The maximum atomic E-state index is 12.7. The van der Waals surface area contributed by atoms with Gasteiger partial charge < -0.3 is 5.32 Å². The van der Waals surface area contributed by atoms with Crippen LogP contribution < -0.4 is 5.32 Å². The average Bonchev–Trinajstić information content (AvgIpc) is 2.85.